The van der Waals surface area contributed by atoms with Gasteiger partial charge < -0.3 is 15.6 Å². The zero-order valence-corrected chi connectivity index (χ0v) is 10.0. The van der Waals surface area contributed by atoms with Gasteiger partial charge in [-0.3, -0.25) is 4.98 Å². The molecule has 2 rings (SSSR count). The Kier molecular flexibility index (Phi) is 4.28. The minimum atomic E-state index is 0.0944. The Balaban J connectivity index is 2.28. The van der Waals surface area contributed by atoms with E-state index < -0.39 is 0 Å². The molecule has 0 bridgehead atoms. The molecule has 0 atom stereocenters. The number of para-hydroxylation sites is 1. The Hall–Kier alpha value is -1.91. The summed E-state index contributed by atoms with van der Waals surface area (Å²) in [5.41, 5.74) is 7.52. The number of aromatic nitrogens is 1. The summed E-state index contributed by atoms with van der Waals surface area (Å²) in [4.78, 5) is 4.04. The van der Waals surface area contributed by atoms with Crippen LogP contribution in [-0.2, 0) is 13.0 Å². The Labute approximate surface area is 106 Å². The molecule has 4 nitrogen and oxygen atoms in total. The SMILES string of the molecule is NCc1ccncc1Oc1ccccc1CCO. The third-order valence-electron chi connectivity index (χ3n) is 2.66. The van der Waals surface area contributed by atoms with Gasteiger partial charge in [0.05, 0.1) is 6.20 Å². The standard InChI is InChI=1S/C14H16N2O2/c15-9-12-5-7-16-10-14(12)18-13-4-2-1-3-11(13)6-8-17/h1-5,7,10,17H,6,8-9,15H2. The highest BCUT2D eigenvalue weighted by Gasteiger charge is 2.07. The van der Waals surface area contributed by atoms with E-state index in [0.717, 1.165) is 16.9 Å². The summed E-state index contributed by atoms with van der Waals surface area (Å²) in [6.07, 6.45) is 3.90. The van der Waals surface area contributed by atoms with E-state index >= 15 is 0 Å². The smallest absolute Gasteiger partial charge is 0.150 e. The van der Waals surface area contributed by atoms with Gasteiger partial charge in [0.2, 0.25) is 0 Å². The number of nitrogens with two attached hydrogens (primary N) is 1. The van der Waals surface area contributed by atoms with Crippen LogP contribution in [0.2, 0.25) is 0 Å². The van der Waals surface area contributed by atoms with E-state index in [-0.39, 0.29) is 6.61 Å². The fraction of sp³-hybridized carbons (Fsp3) is 0.214. The molecule has 0 unspecified atom stereocenters. The molecule has 0 saturated heterocycles. The predicted octanol–water partition coefficient (Wildman–Crippen LogP) is 1.87. The zero-order valence-electron chi connectivity index (χ0n) is 10.0. The molecule has 1 heterocycles. The van der Waals surface area contributed by atoms with Crippen molar-refractivity contribution in [3.63, 3.8) is 0 Å². The first-order valence-corrected chi connectivity index (χ1v) is 5.84. The highest BCUT2D eigenvalue weighted by Crippen LogP contribution is 2.27. The van der Waals surface area contributed by atoms with Crippen LogP contribution >= 0.6 is 0 Å². The molecule has 3 N–H and O–H groups in total. The molecule has 0 amide bonds. The van der Waals surface area contributed by atoms with Gasteiger partial charge in [0.25, 0.3) is 0 Å². The molecule has 0 fully saturated rings. The van der Waals surface area contributed by atoms with E-state index in [1.807, 2.05) is 30.3 Å². The normalized spacial score (nSPS) is 10.3. The third kappa shape index (κ3) is 2.85. The van der Waals surface area contributed by atoms with E-state index in [4.69, 9.17) is 15.6 Å². The number of aliphatic hydroxyl groups excluding tert-OH is 1. The van der Waals surface area contributed by atoms with Crippen molar-refractivity contribution in [3.8, 4) is 11.5 Å². The van der Waals surface area contributed by atoms with Gasteiger partial charge in [-0.05, 0) is 24.1 Å². The van der Waals surface area contributed by atoms with Crippen molar-refractivity contribution in [1.82, 2.24) is 4.98 Å². The number of hydrogen-bond donors (Lipinski definition) is 2. The van der Waals surface area contributed by atoms with Crippen LogP contribution in [0, 0.1) is 0 Å². The number of hydrogen-bond acceptors (Lipinski definition) is 4. The first-order valence-electron chi connectivity index (χ1n) is 5.84. The van der Waals surface area contributed by atoms with Gasteiger partial charge in [-0.2, -0.15) is 0 Å². The molecule has 94 valence electrons. The van der Waals surface area contributed by atoms with Crippen molar-refractivity contribution >= 4 is 0 Å². The molecular formula is C14H16N2O2. The van der Waals surface area contributed by atoms with Crippen molar-refractivity contribution in [2.45, 2.75) is 13.0 Å². The molecule has 2 aromatic rings. The molecule has 1 aromatic carbocycles. The predicted molar refractivity (Wildman–Crippen MR) is 69.4 cm³/mol. The Bertz CT molecular complexity index is 515. The summed E-state index contributed by atoms with van der Waals surface area (Å²) < 4.78 is 5.83. The largest absolute Gasteiger partial charge is 0.455 e. The molecule has 0 aliphatic heterocycles. The second kappa shape index (κ2) is 6.14. The lowest BCUT2D eigenvalue weighted by Gasteiger charge is -2.12. The van der Waals surface area contributed by atoms with Crippen molar-refractivity contribution in [2.24, 2.45) is 5.73 Å². The monoisotopic (exact) mass is 244 g/mol. The summed E-state index contributed by atoms with van der Waals surface area (Å²) >= 11 is 0. The zero-order chi connectivity index (χ0) is 12.8. The van der Waals surface area contributed by atoms with Gasteiger partial charge in [0.1, 0.15) is 11.5 Å². The van der Waals surface area contributed by atoms with E-state index in [9.17, 15) is 0 Å². The number of nitrogens with zero attached hydrogens (tertiary/aromatic N) is 1. The lowest BCUT2D eigenvalue weighted by molar-refractivity contribution is 0.298. The molecular weight excluding hydrogens is 228 g/mol. The molecule has 0 aliphatic rings. The Morgan fingerprint density at radius 3 is 2.72 bits per heavy atom. The van der Waals surface area contributed by atoms with Crippen LogP contribution in [0.4, 0.5) is 0 Å². The molecule has 1 aromatic heterocycles. The van der Waals surface area contributed by atoms with Gasteiger partial charge in [0.15, 0.2) is 0 Å². The van der Waals surface area contributed by atoms with Crippen LogP contribution in [0.1, 0.15) is 11.1 Å². The first kappa shape index (κ1) is 12.5. The molecule has 0 aliphatic carbocycles. The lowest BCUT2D eigenvalue weighted by Crippen LogP contribution is -2.01. The second-order valence-electron chi connectivity index (χ2n) is 3.87. The second-order valence-corrected chi connectivity index (χ2v) is 3.87. The number of ether oxygens (including phenoxy) is 1. The van der Waals surface area contributed by atoms with Gasteiger partial charge >= 0.3 is 0 Å². The van der Waals surface area contributed by atoms with Crippen LogP contribution in [0.25, 0.3) is 0 Å². The average Bonchev–Trinajstić information content (AvgIpc) is 2.42. The third-order valence-corrected chi connectivity index (χ3v) is 2.66. The van der Waals surface area contributed by atoms with Crippen LogP contribution < -0.4 is 10.5 Å². The number of rotatable bonds is 5. The Morgan fingerprint density at radius 1 is 1.11 bits per heavy atom. The maximum atomic E-state index is 9.02. The van der Waals surface area contributed by atoms with Crippen LogP contribution in [0.3, 0.4) is 0 Å². The Morgan fingerprint density at radius 2 is 1.94 bits per heavy atom. The van der Waals surface area contributed by atoms with Crippen molar-refractivity contribution in [3.05, 3.63) is 53.9 Å². The van der Waals surface area contributed by atoms with Gasteiger partial charge in [-0.15, -0.1) is 0 Å². The maximum Gasteiger partial charge on any atom is 0.150 e. The van der Waals surface area contributed by atoms with Gasteiger partial charge in [-0.1, -0.05) is 18.2 Å². The fourth-order valence-electron chi connectivity index (χ4n) is 1.72. The fourth-order valence-corrected chi connectivity index (χ4v) is 1.72. The summed E-state index contributed by atoms with van der Waals surface area (Å²) in [6.45, 7) is 0.497. The van der Waals surface area contributed by atoms with Crippen LogP contribution in [0.5, 0.6) is 11.5 Å². The molecule has 0 radical (unpaired) electrons. The minimum absolute atomic E-state index is 0.0944. The summed E-state index contributed by atoms with van der Waals surface area (Å²) in [5, 5.41) is 9.02. The topological polar surface area (TPSA) is 68.4 Å². The van der Waals surface area contributed by atoms with E-state index in [1.54, 1.807) is 12.4 Å². The number of aliphatic hydroxyl groups is 1. The van der Waals surface area contributed by atoms with E-state index in [0.29, 0.717) is 18.7 Å². The molecule has 18 heavy (non-hydrogen) atoms. The first-order chi connectivity index (χ1) is 8.85. The van der Waals surface area contributed by atoms with Crippen LogP contribution in [0.15, 0.2) is 42.7 Å². The molecule has 4 heteroatoms. The van der Waals surface area contributed by atoms with Gasteiger partial charge in [-0.25, -0.2) is 0 Å². The quantitative estimate of drug-likeness (QED) is 0.842. The summed E-state index contributed by atoms with van der Waals surface area (Å²) in [6, 6.07) is 9.46. The highest BCUT2D eigenvalue weighted by molar-refractivity contribution is 5.40. The molecule has 0 saturated carbocycles. The van der Waals surface area contributed by atoms with Crippen molar-refractivity contribution in [1.29, 1.82) is 0 Å². The maximum absolute atomic E-state index is 9.02. The molecule has 0 spiro atoms. The van der Waals surface area contributed by atoms with E-state index in [1.165, 1.54) is 0 Å². The van der Waals surface area contributed by atoms with Crippen molar-refractivity contribution in [2.75, 3.05) is 6.61 Å². The average molecular weight is 244 g/mol. The minimum Gasteiger partial charge on any atom is -0.455 e. The lowest BCUT2D eigenvalue weighted by atomic mass is 10.1. The highest BCUT2D eigenvalue weighted by atomic mass is 16.5. The van der Waals surface area contributed by atoms with Crippen LogP contribution in [-0.4, -0.2) is 16.7 Å². The van der Waals surface area contributed by atoms with Gasteiger partial charge in [0, 0.05) is 24.9 Å². The number of pyridine rings is 1. The summed E-state index contributed by atoms with van der Waals surface area (Å²) in [7, 11) is 0. The number of benzene rings is 1. The van der Waals surface area contributed by atoms with E-state index in [2.05, 4.69) is 4.98 Å². The summed E-state index contributed by atoms with van der Waals surface area (Å²) in [5.74, 6) is 1.39. The van der Waals surface area contributed by atoms with Crippen molar-refractivity contribution < 1.29 is 9.84 Å².